The van der Waals surface area contributed by atoms with E-state index in [2.05, 4.69) is 42.3 Å². The summed E-state index contributed by atoms with van der Waals surface area (Å²) in [4.78, 5) is 28.1. The van der Waals surface area contributed by atoms with Crippen molar-refractivity contribution in [3.05, 3.63) is 29.3 Å². The largest absolute Gasteiger partial charge is 0.368 e. The first-order valence-corrected chi connectivity index (χ1v) is 8.35. The molecule has 1 atom stereocenters. The van der Waals surface area contributed by atoms with Gasteiger partial charge in [0, 0.05) is 37.9 Å². The Bertz CT molecular complexity index is 578. The highest BCUT2D eigenvalue weighted by molar-refractivity contribution is 6.35. The van der Waals surface area contributed by atoms with Gasteiger partial charge in [0.25, 0.3) is 0 Å². The number of benzene rings is 1. The van der Waals surface area contributed by atoms with Crippen LogP contribution < -0.4 is 10.2 Å². The minimum atomic E-state index is -0.487. The van der Waals surface area contributed by atoms with Crippen molar-refractivity contribution < 1.29 is 9.59 Å². The summed E-state index contributed by atoms with van der Waals surface area (Å²) in [6.07, 6.45) is 0.819. The van der Waals surface area contributed by atoms with Crippen molar-refractivity contribution in [1.82, 2.24) is 10.2 Å². The van der Waals surface area contributed by atoms with Gasteiger partial charge in [0.1, 0.15) is 0 Å². The zero-order chi connectivity index (χ0) is 17.0. The first-order chi connectivity index (χ1) is 10.9. The Balaban J connectivity index is 1.94. The highest BCUT2D eigenvalue weighted by Gasteiger charge is 2.27. The number of nitrogens with zero attached hydrogens (tertiary/aromatic N) is 2. The highest BCUT2D eigenvalue weighted by atomic mass is 16.2. The molecule has 1 aliphatic heterocycles. The molecule has 1 aliphatic rings. The molecule has 126 valence electrons. The molecular weight excluding hydrogens is 290 g/mol. The normalized spacial score (nSPS) is 16.2. The molecule has 1 fully saturated rings. The van der Waals surface area contributed by atoms with Gasteiger partial charge in [-0.3, -0.25) is 9.59 Å². The van der Waals surface area contributed by atoms with E-state index < -0.39 is 11.8 Å². The lowest BCUT2D eigenvalue weighted by atomic mass is 10.1. The molecule has 2 amide bonds. The quantitative estimate of drug-likeness (QED) is 0.866. The van der Waals surface area contributed by atoms with E-state index in [-0.39, 0.29) is 6.04 Å². The summed E-state index contributed by atoms with van der Waals surface area (Å²) in [5.74, 6) is -0.898. The van der Waals surface area contributed by atoms with E-state index in [1.165, 1.54) is 16.8 Å². The number of rotatable bonds is 3. The lowest BCUT2D eigenvalue weighted by Gasteiger charge is -2.36. The predicted octanol–water partition coefficient (Wildman–Crippen LogP) is 1.87. The first-order valence-electron chi connectivity index (χ1n) is 8.35. The van der Waals surface area contributed by atoms with E-state index in [0.717, 1.165) is 19.5 Å². The number of hydrogen-bond acceptors (Lipinski definition) is 3. The molecule has 0 aliphatic carbocycles. The zero-order valence-corrected chi connectivity index (χ0v) is 14.6. The molecule has 0 aromatic heterocycles. The van der Waals surface area contributed by atoms with E-state index in [1.54, 1.807) is 4.90 Å². The fraction of sp³-hybridized carbons (Fsp3) is 0.556. The predicted molar refractivity (Wildman–Crippen MR) is 92.6 cm³/mol. The van der Waals surface area contributed by atoms with Gasteiger partial charge in [-0.25, -0.2) is 0 Å². The van der Waals surface area contributed by atoms with Gasteiger partial charge >= 0.3 is 11.8 Å². The average molecular weight is 317 g/mol. The molecule has 5 nitrogen and oxygen atoms in total. The maximum atomic E-state index is 12.2. The maximum Gasteiger partial charge on any atom is 0.312 e. The molecule has 1 saturated heterocycles. The number of carbonyl (C=O) groups excluding carboxylic acids is 2. The number of piperazine rings is 1. The average Bonchev–Trinajstić information content (AvgIpc) is 2.56. The number of amides is 2. The molecule has 23 heavy (non-hydrogen) atoms. The van der Waals surface area contributed by atoms with Crippen LogP contribution in [0.2, 0.25) is 0 Å². The van der Waals surface area contributed by atoms with Gasteiger partial charge in [-0.1, -0.05) is 19.1 Å². The lowest BCUT2D eigenvalue weighted by molar-refractivity contribution is -0.146. The second-order valence-corrected chi connectivity index (χ2v) is 6.28. The molecule has 0 bridgehead atoms. The van der Waals surface area contributed by atoms with E-state index in [4.69, 9.17) is 0 Å². The van der Waals surface area contributed by atoms with Crippen LogP contribution in [0.5, 0.6) is 0 Å². The number of anilines is 1. The van der Waals surface area contributed by atoms with Crippen molar-refractivity contribution in [3.63, 3.8) is 0 Å². The summed E-state index contributed by atoms with van der Waals surface area (Å²) in [6.45, 7) is 10.8. The van der Waals surface area contributed by atoms with Crippen LogP contribution in [-0.2, 0) is 9.59 Å². The number of nitrogens with one attached hydrogen (secondary N) is 1. The summed E-state index contributed by atoms with van der Waals surface area (Å²) in [6, 6.07) is 6.32. The Morgan fingerprint density at radius 3 is 2.43 bits per heavy atom. The third kappa shape index (κ3) is 4.03. The smallest absolute Gasteiger partial charge is 0.312 e. The summed E-state index contributed by atoms with van der Waals surface area (Å²) >= 11 is 0. The van der Waals surface area contributed by atoms with Crippen LogP contribution in [-0.4, -0.2) is 48.9 Å². The fourth-order valence-corrected chi connectivity index (χ4v) is 2.76. The van der Waals surface area contributed by atoms with Crippen molar-refractivity contribution in [2.24, 2.45) is 0 Å². The van der Waals surface area contributed by atoms with Crippen molar-refractivity contribution in [3.8, 4) is 0 Å². The Labute approximate surface area is 138 Å². The second kappa shape index (κ2) is 7.49. The molecule has 0 spiro atoms. The zero-order valence-electron chi connectivity index (χ0n) is 14.6. The molecule has 1 aromatic rings. The van der Waals surface area contributed by atoms with Gasteiger partial charge in [0.15, 0.2) is 0 Å². The Morgan fingerprint density at radius 2 is 1.83 bits per heavy atom. The number of hydrogen-bond donors (Lipinski definition) is 1. The van der Waals surface area contributed by atoms with Crippen LogP contribution >= 0.6 is 0 Å². The summed E-state index contributed by atoms with van der Waals surface area (Å²) in [7, 11) is 0. The highest BCUT2D eigenvalue weighted by Crippen LogP contribution is 2.23. The Morgan fingerprint density at radius 1 is 1.17 bits per heavy atom. The van der Waals surface area contributed by atoms with E-state index >= 15 is 0 Å². The molecule has 2 rings (SSSR count). The molecule has 1 N–H and O–H groups in total. The van der Waals surface area contributed by atoms with Crippen LogP contribution in [0.15, 0.2) is 18.2 Å². The molecular formula is C18H27N3O2. The van der Waals surface area contributed by atoms with E-state index in [1.807, 2.05) is 13.8 Å². The Kier molecular flexibility index (Phi) is 5.64. The molecule has 0 saturated carbocycles. The van der Waals surface area contributed by atoms with Crippen LogP contribution in [0.1, 0.15) is 31.4 Å². The topological polar surface area (TPSA) is 52.7 Å². The first kappa shape index (κ1) is 17.3. The van der Waals surface area contributed by atoms with Gasteiger partial charge in [-0.2, -0.15) is 0 Å². The minimum Gasteiger partial charge on any atom is -0.368 e. The number of carbonyl (C=O) groups is 2. The summed E-state index contributed by atoms with van der Waals surface area (Å²) in [5.41, 5.74) is 3.77. The number of aryl methyl sites for hydroxylation is 1. The van der Waals surface area contributed by atoms with Crippen molar-refractivity contribution >= 4 is 17.5 Å². The maximum absolute atomic E-state index is 12.2. The standard InChI is InChI=1S/C18H27N3O2/c1-5-14(3)19-17(22)18(23)21-11-9-20(10-12-21)16-8-6-7-13(2)15(16)4/h6-8,14H,5,9-12H2,1-4H3,(H,19,22). The van der Waals surface area contributed by atoms with Crippen LogP contribution in [0.25, 0.3) is 0 Å². The summed E-state index contributed by atoms with van der Waals surface area (Å²) < 4.78 is 0. The monoisotopic (exact) mass is 317 g/mol. The van der Waals surface area contributed by atoms with Gasteiger partial charge in [0.05, 0.1) is 0 Å². The van der Waals surface area contributed by atoms with Crippen molar-refractivity contribution in [1.29, 1.82) is 0 Å². The van der Waals surface area contributed by atoms with Crippen LogP contribution in [0.4, 0.5) is 5.69 Å². The third-order valence-corrected chi connectivity index (χ3v) is 4.67. The van der Waals surface area contributed by atoms with Crippen LogP contribution in [0, 0.1) is 13.8 Å². The van der Waals surface area contributed by atoms with E-state index in [0.29, 0.717) is 13.1 Å². The van der Waals surface area contributed by atoms with Gasteiger partial charge < -0.3 is 15.1 Å². The van der Waals surface area contributed by atoms with E-state index in [9.17, 15) is 9.59 Å². The lowest BCUT2D eigenvalue weighted by Crippen LogP contribution is -2.53. The Hall–Kier alpha value is -2.04. The molecule has 1 unspecified atom stereocenters. The SMILES string of the molecule is CCC(C)NC(=O)C(=O)N1CCN(c2cccc(C)c2C)CC1. The van der Waals surface area contributed by atoms with Gasteiger partial charge in [-0.05, 0) is 44.4 Å². The van der Waals surface area contributed by atoms with Gasteiger partial charge in [0.2, 0.25) is 0 Å². The van der Waals surface area contributed by atoms with Crippen molar-refractivity contribution in [2.75, 3.05) is 31.1 Å². The molecule has 1 aromatic carbocycles. The third-order valence-electron chi connectivity index (χ3n) is 4.67. The fourth-order valence-electron chi connectivity index (χ4n) is 2.76. The molecule has 1 heterocycles. The van der Waals surface area contributed by atoms with Crippen molar-refractivity contribution in [2.45, 2.75) is 40.2 Å². The molecule has 0 radical (unpaired) electrons. The molecule has 5 heteroatoms. The summed E-state index contributed by atoms with van der Waals surface area (Å²) in [5, 5.41) is 2.74. The van der Waals surface area contributed by atoms with Crippen LogP contribution in [0.3, 0.4) is 0 Å². The van der Waals surface area contributed by atoms with Gasteiger partial charge in [-0.15, -0.1) is 0 Å². The second-order valence-electron chi connectivity index (χ2n) is 6.28. The minimum absolute atomic E-state index is 0.0303.